The second kappa shape index (κ2) is 5.09. The van der Waals surface area contributed by atoms with Crippen molar-refractivity contribution in [3.05, 3.63) is 23.3 Å². The Morgan fingerprint density at radius 3 is 2.47 bits per heavy atom. The molecule has 5 nitrogen and oxygen atoms in total. The summed E-state index contributed by atoms with van der Waals surface area (Å²) in [4.78, 5) is 11.2. The first-order valence-corrected chi connectivity index (χ1v) is 6.41. The minimum absolute atomic E-state index is 0.00579. The third-order valence-electron chi connectivity index (χ3n) is 3.83. The normalized spacial score (nSPS) is 18.0. The van der Waals surface area contributed by atoms with Gasteiger partial charge >= 0.3 is 5.97 Å². The van der Waals surface area contributed by atoms with E-state index in [2.05, 4.69) is 0 Å². The number of carboxylic acids is 1. The first-order chi connectivity index (χ1) is 8.98. The molecule has 0 spiro atoms. The van der Waals surface area contributed by atoms with Crippen molar-refractivity contribution in [1.82, 2.24) is 0 Å². The molecule has 0 atom stereocenters. The van der Waals surface area contributed by atoms with E-state index in [1.165, 1.54) is 19.2 Å². The standard InChI is InChI=1S/C14H19NO4/c1-19-12-8-11(16)10(7-9(12)13(17)18)14(15)5-3-2-4-6-14/h7-8,16H,2-6,15H2,1H3,(H,17,18). The van der Waals surface area contributed by atoms with Gasteiger partial charge in [0.2, 0.25) is 0 Å². The number of phenols is 1. The number of benzene rings is 1. The smallest absolute Gasteiger partial charge is 0.339 e. The van der Waals surface area contributed by atoms with Crippen LogP contribution < -0.4 is 10.5 Å². The molecule has 0 bridgehead atoms. The molecule has 4 N–H and O–H groups in total. The van der Waals surface area contributed by atoms with E-state index in [1.807, 2.05) is 0 Å². The van der Waals surface area contributed by atoms with Crippen LogP contribution in [0.1, 0.15) is 48.0 Å². The highest BCUT2D eigenvalue weighted by atomic mass is 16.5. The highest BCUT2D eigenvalue weighted by Gasteiger charge is 2.33. The fourth-order valence-electron chi connectivity index (χ4n) is 2.76. The van der Waals surface area contributed by atoms with Crippen molar-refractivity contribution in [1.29, 1.82) is 0 Å². The SMILES string of the molecule is COc1cc(O)c(C2(N)CCCCC2)cc1C(=O)O. The average Bonchev–Trinajstić information content (AvgIpc) is 2.38. The summed E-state index contributed by atoms with van der Waals surface area (Å²) in [6, 6.07) is 2.78. The zero-order valence-electron chi connectivity index (χ0n) is 11.0. The lowest BCUT2D eigenvalue weighted by Gasteiger charge is -2.34. The lowest BCUT2D eigenvalue weighted by molar-refractivity contribution is 0.0693. The van der Waals surface area contributed by atoms with E-state index in [1.54, 1.807) is 0 Å². The van der Waals surface area contributed by atoms with Gasteiger partial charge in [-0.2, -0.15) is 0 Å². The largest absolute Gasteiger partial charge is 0.507 e. The molecule has 2 rings (SSSR count). The molecule has 1 aliphatic rings. The van der Waals surface area contributed by atoms with Crippen LogP contribution >= 0.6 is 0 Å². The van der Waals surface area contributed by atoms with Crippen LogP contribution in [-0.4, -0.2) is 23.3 Å². The predicted octanol–water partition coefficient (Wildman–Crippen LogP) is 2.22. The molecule has 0 heterocycles. The molecule has 0 unspecified atom stereocenters. The van der Waals surface area contributed by atoms with Crippen molar-refractivity contribution >= 4 is 5.97 Å². The molecular weight excluding hydrogens is 246 g/mol. The summed E-state index contributed by atoms with van der Waals surface area (Å²) in [7, 11) is 1.37. The predicted molar refractivity (Wildman–Crippen MR) is 70.6 cm³/mol. The first kappa shape index (κ1) is 13.7. The Bertz CT molecular complexity index is 492. The van der Waals surface area contributed by atoms with Crippen molar-refractivity contribution in [3.63, 3.8) is 0 Å². The summed E-state index contributed by atoms with van der Waals surface area (Å²) in [6.07, 6.45) is 4.62. The number of carboxylic acid groups (broad SMARTS) is 1. The fourth-order valence-corrected chi connectivity index (χ4v) is 2.76. The number of aromatic carboxylic acids is 1. The Kier molecular flexibility index (Phi) is 3.66. The van der Waals surface area contributed by atoms with Gasteiger partial charge in [0.05, 0.1) is 7.11 Å². The Morgan fingerprint density at radius 2 is 1.95 bits per heavy atom. The molecule has 1 fully saturated rings. The van der Waals surface area contributed by atoms with Gasteiger partial charge in [-0.25, -0.2) is 4.79 Å². The summed E-state index contributed by atoms with van der Waals surface area (Å²) in [5.41, 5.74) is 6.25. The second-order valence-electron chi connectivity index (χ2n) is 5.09. The van der Waals surface area contributed by atoms with E-state index in [9.17, 15) is 15.0 Å². The van der Waals surface area contributed by atoms with Crippen LogP contribution in [0.25, 0.3) is 0 Å². The van der Waals surface area contributed by atoms with E-state index in [4.69, 9.17) is 10.5 Å². The summed E-state index contributed by atoms with van der Waals surface area (Å²) < 4.78 is 4.98. The Labute approximate surface area is 112 Å². The number of methoxy groups -OCH3 is 1. The highest BCUT2D eigenvalue weighted by Crippen LogP contribution is 2.41. The van der Waals surface area contributed by atoms with Gasteiger partial charge in [-0.15, -0.1) is 0 Å². The maximum Gasteiger partial charge on any atom is 0.339 e. The van der Waals surface area contributed by atoms with E-state index < -0.39 is 11.5 Å². The van der Waals surface area contributed by atoms with Crippen LogP contribution in [0.4, 0.5) is 0 Å². The number of aromatic hydroxyl groups is 1. The third-order valence-corrected chi connectivity index (χ3v) is 3.83. The van der Waals surface area contributed by atoms with Crippen LogP contribution in [-0.2, 0) is 5.54 Å². The van der Waals surface area contributed by atoms with E-state index >= 15 is 0 Å². The summed E-state index contributed by atoms with van der Waals surface area (Å²) in [5.74, 6) is -0.933. The zero-order valence-corrected chi connectivity index (χ0v) is 11.0. The Morgan fingerprint density at radius 1 is 1.32 bits per heavy atom. The number of carbonyl (C=O) groups is 1. The Balaban J connectivity index is 2.51. The number of nitrogens with two attached hydrogens (primary N) is 1. The Hall–Kier alpha value is -1.75. The van der Waals surface area contributed by atoms with Gasteiger partial charge in [0.15, 0.2) is 0 Å². The van der Waals surface area contributed by atoms with Crippen molar-refractivity contribution in [2.45, 2.75) is 37.6 Å². The second-order valence-corrected chi connectivity index (χ2v) is 5.09. The third kappa shape index (κ3) is 2.51. The van der Waals surface area contributed by atoms with Crippen LogP contribution in [0.15, 0.2) is 12.1 Å². The van der Waals surface area contributed by atoms with Crippen molar-refractivity contribution in [3.8, 4) is 11.5 Å². The van der Waals surface area contributed by atoms with Gasteiger partial charge in [-0.1, -0.05) is 19.3 Å². The summed E-state index contributed by atoms with van der Waals surface area (Å²) in [6.45, 7) is 0. The molecule has 1 aliphatic carbocycles. The number of hydrogen-bond donors (Lipinski definition) is 3. The van der Waals surface area contributed by atoms with E-state index in [-0.39, 0.29) is 17.1 Å². The minimum Gasteiger partial charge on any atom is -0.507 e. The molecule has 1 aromatic rings. The molecule has 1 saturated carbocycles. The van der Waals surface area contributed by atoms with Crippen LogP contribution in [0.3, 0.4) is 0 Å². The van der Waals surface area contributed by atoms with Crippen LogP contribution in [0.5, 0.6) is 11.5 Å². The van der Waals surface area contributed by atoms with Gasteiger partial charge in [0, 0.05) is 17.2 Å². The van der Waals surface area contributed by atoms with Crippen molar-refractivity contribution < 1.29 is 19.7 Å². The highest BCUT2D eigenvalue weighted by molar-refractivity contribution is 5.91. The van der Waals surface area contributed by atoms with E-state index in [0.29, 0.717) is 5.56 Å². The molecule has 5 heteroatoms. The molecule has 0 saturated heterocycles. The number of phenolic OH excluding ortho intramolecular Hbond substituents is 1. The maximum absolute atomic E-state index is 11.2. The number of rotatable bonds is 3. The molecule has 104 valence electrons. The number of hydrogen-bond acceptors (Lipinski definition) is 4. The van der Waals surface area contributed by atoms with Gasteiger partial charge < -0.3 is 20.7 Å². The minimum atomic E-state index is -1.09. The summed E-state index contributed by atoms with van der Waals surface area (Å²) in [5, 5.41) is 19.3. The molecule has 0 aliphatic heterocycles. The van der Waals surface area contributed by atoms with E-state index in [0.717, 1.165) is 32.1 Å². The van der Waals surface area contributed by atoms with Gasteiger partial charge in [-0.05, 0) is 18.9 Å². The van der Waals surface area contributed by atoms with Gasteiger partial charge in [0.1, 0.15) is 17.1 Å². The number of ether oxygens (including phenoxy) is 1. The molecule has 1 aromatic carbocycles. The first-order valence-electron chi connectivity index (χ1n) is 6.41. The molecular formula is C14H19NO4. The topological polar surface area (TPSA) is 92.8 Å². The van der Waals surface area contributed by atoms with Crippen LogP contribution in [0.2, 0.25) is 0 Å². The van der Waals surface area contributed by atoms with Crippen molar-refractivity contribution in [2.24, 2.45) is 5.73 Å². The quantitative estimate of drug-likeness (QED) is 0.779. The zero-order chi connectivity index (χ0) is 14.0. The average molecular weight is 265 g/mol. The fraction of sp³-hybridized carbons (Fsp3) is 0.500. The molecule has 0 radical (unpaired) electrons. The molecule has 19 heavy (non-hydrogen) atoms. The maximum atomic E-state index is 11.2. The summed E-state index contributed by atoms with van der Waals surface area (Å²) >= 11 is 0. The lowest BCUT2D eigenvalue weighted by Crippen LogP contribution is -2.38. The molecule has 0 amide bonds. The van der Waals surface area contributed by atoms with Crippen LogP contribution in [0, 0.1) is 0 Å². The van der Waals surface area contributed by atoms with Crippen molar-refractivity contribution in [2.75, 3.05) is 7.11 Å². The lowest BCUT2D eigenvalue weighted by atomic mass is 9.76. The molecule has 0 aromatic heterocycles. The van der Waals surface area contributed by atoms with Gasteiger partial charge in [-0.3, -0.25) is 0 Å². The van der Waals surface area contributed by atoms with Gasteiger partial charge in [0.25, 0.3) is 0 Å². The monoisotopic (exact) mass is 265 g/mol.